The molecule has 66 valence electrons. The average molecular weight is 175 g/mol. The maximum atomic E-state index is 8.25. The van der Waals surface area contributed by atoms with Gasteiger partial charge in [0.05, 0.1) is 11.9 Å². The van der Waals surface area contributed by atoms with Crippen LogP contribution in [0.3, 0.4) is 0 Å². The lowest BCUT2D eigenvalue weighted by molar-refractivity contribution is 0.481. The molecule has 4 heteroatoms. The molecule has 0 heterocycles. The van der Waals surface area contributed by atoms with Crippen molar-refractivity contribution < 1.29 is 4.74 Å². The van der Waals surface area contributed by atoms with Gasteiger partial charge < -0.3 is 4.74 Å². The van der Waals surface area contributed by atoms with Crippen LogP contribution in [0.5, 0.6) is 5.75 Å². The van der Waals surface area contributed by atoms with Crippen LogP contribution in [-0.4, -0.2) is 0 Å². The van der Waals surface area contributed by atoms with Gasteiger partial charge in [-0.25, -0.2) is 0 Å². The molecule has 0 fully saturated rings. The Balaban J connectivity index is 2.96. The van der Waals surface area contributed by atoms with Crippen LogP contribution < -0.4 is 4.74 Å². The molecule has 0 radical (unpaired) electrons. The fourth-order valence-electron chi connectivity index (χ4n) is 0.829. The summed E-state index contributed by atoms with van der Waals surface area (Å²) in [6.07, 6.45) is 3.29. The molecule has 1 aromatic carbocycles. The SMILES string of the molecule is C/C=C/Oc1ccccc1N=[N+]=[N-]. The molecule has 13 heavy (non-hydrogen) atoms. The monoisotopic (exact) mass is 175 g/mol. The van der Waals surface area contributed by atoms with Crippen molar-refractivity contribution in [2.24, 2.45) is 5.11 Å². The van der Waals surface area contributed by atoms with Crippen LogP contribution >= 0.6 is 0 Å². The predicted octanol–water partition coefficient (Wildman–Crippen LogP) is 3.54. The Morgan fingerprint density at radius 3 is 2.92 bits per heavy atom. The number of ether oxygens (including phenoxy) is 1. The number of allylic oxidation sites excluding steroid dienone is 1. The summed E-state index contributed by atoms with van der Waals surface area (Å²) >= 11 is 0. The molecule has 0 N–H and O–H groups in total. The number of rotatable bonds is 3. The molecule has 0 aliphatic rings. The van der Waals surface area contributed by atoms with Crippen molar-refractivity contribution in [1.29, 1.82) is 0 Å². The number of benzene rings is 1. The van der Waals surface area contributed by atoms with Crippen molar-refractivity contribution in [2.45, 2.75) is 6.92 Å². The van der Waals surface area contributed by atoms with Gasteiger partial charge in [-0.05, 0) is 24.6 Å². The highest BCUT2D eigenvalue weighted by Gasteiger charge is 1.97. The van der Waals surface area contributed by atoms with E-state index in [0.29, 0.717) is 11.4 Å². The van der Waals surface area contributed by atoms with Gasteiger partial charge in [0, 0.05) is 4.91 Å². The number of azide groups is 1. The number of nitrogens with zero attached hydrogens (tertiary/aromatic N) is 3. The van der Waals surface area contributed by atoms with Crippen LogP contribution in [0.1, 0.15) is 6.92 Å². The summed E-state index contributed by atoms with van der Waals surface area (Å²) in [5, 5.41) is 3.48. The first-order valence-electron chi connectivity index (χ1n) is 3.80. The molecule has 0 atom stereocenters. The molecule has 0 aliphatic heterocycles. The van der Waals surface area contributed by atoms with Gasteiger partial charge in [-0.2, -0.15) is 0 Å². The molecule has 0 saturated carbocycles. The maximum absolute atomic E-state index is 8.25. The molecule has 0 bridgehead atoms. The second kappa shape index (κ2) is 4.85. The molecular formula is C9H9N3O. The van der Waals surface area contributed by atoms with Crippen molar-refractivity contribution >= 4 is 5.69 Å². The van der Waals surface area contributed by atoms with E-state index in [1.165, 1.54) is 6.26 Å². The van der Waals surface area contributed by atoms with E-state index in [9.17, 15) is 0 Å². The second-order valence-corrected chi connectivity index (χ2v) is 2.24. The molecule has 1 aromatic rings. The minimum Gasteiger partial charge on any atom is -0.465 e. The third-order valence-corrected chi connectivity index (χ3v) is 1.35. The predicted molar refractivity (Wildman–Crippen MR) is 50.7 cm³/mol. The Hall–Kier alpha value is -1.93. The van der Waals surface area contributed by atoms with E-state index in [4.69, 9.17) is 10.3 Å². The van der Waals surface area contributed by atoms with Crippen LogP contribution in [0.15, 0.2) is 41.7 Å². The molecule has 0 spiro atoms. The quantitative estimate of drug-likeness (QED) is 0.300. The molecule has 0 aromatic heterocycles. The maximum Gasteiger partial charge on any atom is 0.136 e. The van der Waals surface area contributed by atoms with Crippen LogP contribution in [0.2, 0.25) is 0 Å². The third kappa shape index (κ3) is 2.54. The molecule has 0 amide bonds. The zero-order valence-corrected chi connectivity index (χ0v) is 7.21. The summed E-state index contributed by atoms with van der Waals surface area (Å²) in [5.41, 5.74) is 8.74. The smallest absolute Gasteiger partial charge is 0.136 e. The summed E-state index contributed by atoms with van der Waals surface area (Å²) in [6.45, 7) is 1.84. The first kappa shape index (κ1) is 9.16. The molecule has 0 saturated heterocycles. The first-order valence-corrected chi connectivity index (χ1v) is 3.80. The molecule has 0 unspecified atom stereocenters. The van der Waals surface area contributed by atoms with Gasteiger partial charge in [0.1, 0.15) is 5.75 Å². The normalized spacial score (nSPS) is 9.62. The Kier molecular flexibility index (Phi) is 3.42. The van der Waals surface area contributed by atoms with Crippen LogP contribution in [0.25, 0.3) is 10.4 Å². The number of hydrogen-bond donors (Lipinski definition) is 0. The summed E-state index contributed by atoms with van der Waals surface area (Å²) in [5.74, 6) is 0.554. The fraction of sp³-hybridized carbons (Fsp3) is 0.111. The van der Waals surface area contributed by atoms with E-state index < -0.39 is 0 Å². The van der Waals surface area contributed by atoms with Crippen molar-refractivity contribution in [2.75, 3.05) is 0 Å². The van der Waals surface area contributed by atoms with E-state index in [-0.39, 0.29) is 0 Å². The lowest BCUT2D eigenvalue weighted by Crippen LogP contribution is -1.80. The Morgan fingerprint density at radius 2 is 2.23 bits per heavy atom. The molecular weight excluding hydrogens is 166 g/mol. The largest absolute Gasteiger partial charge is 0.465 e. The minimum atomic E-state index is 0.489. The second-order valence-electron chi connectivity index (χ2n) is 2.24. The van der Waals surface area contributed by atoms with Crippen LogP contribution in [-0.2, 0) is 0 Å². The van der Waals surface area contributed by atoms with Gasteiger partial charge in [-0.3, -0.25) is 0 Å². The van der Waals surface area contributed by atoms with Crippen molar-refractivity contribution in [1.82, 2.24) is 0 Å². The van der Waals surface area contributed by atoms with Crippen molar-refractivity contribution in [3.05, 3.63) is 47.0 Å². The standard InChI is InChI=1S/C9H9N3O/c1-2-7-13-9-6-4-3-5-8(9)11-12-10/h2-7H,1H3/b7-2+. The average Bonchev–Trinajstić information content (AvgIpc) is 2.17. The van der Waals surface area contributed by atoms with Gasteiger partial charge in [-0.15, -0.1) is 0 Å². The zero-order valence-electron chi connectivity index (χ0n) is 7.21. The van der Waals surface area contributed by atoms with Gasteiger partial charge in [0.25, 0.3) is 0 Å². The first-order chi connectivity index (χ1) is 6.38. The van der Waals surface area contributed by atoms with E-state index in [0.717, 1.165) is 0 Å². The van der Waals surface area contributed by atoms with Crippen LogP contribution in [0, 0.1) is 0 Å². The summed E-state index contributed by atoms with van der Waals surface area (Å²) in [6, 6.07) is 7.03. The van der Waals surface area contributed by atoms with Crippen molar-refractivity contribution in [3.8, 4) is 5.75 Å². The minimum absolute atomic E-state index is 0.489. The topological polar surface area (TPSA) is 58.0 Å². The van der Waals surface area contributed by atoms with Crippen LogP contribution in [0.4, 0.5) is 5.69 Å². The highest BCUT2D eigenvalue weighted by Crippen LogP contribution is 2.26. The van der Waals surface area contributed by atoms with Gasteiger partial charge >= 0.3 is 0 Å². The molecule has 1 rings (SSSR count). The lowest BCUT2D eigenvalue weighted by atomic mass is 10.3. The van der Waals surface area contributed by atoms with Gasteiger partial charge in [-0.1, -0.05) is 23.3 Å². The Labute approximate surface area is 76.1 Å². The number of para-hydroxylation sites is 1. The molecule has 0 aliphatic carbocycles. The summed E-state index contributed by atoms with van der Waals surface area (Å²) in [7, 11) is 0. The summed E-state index contributed by atoms with van der Waals surface area (Å²) < 4.78 is 5.19. The number of hydrogen-bond acceptors (Lipinski definition) is 2. The van der Waals surface area contributed by atoms with E-state index >= 15 is 0 Å². The van der Waals surface area contributed by atoms with E-state index in [2.05, 4.69) is 10.0 Å². The highest BCUT2D eigenvalue weighted by atomic mass is 16.5. The lowest BCUT2D eigenvalue weighted by Gasteiger charge is -2.01. The zero-order chi connectivity index (χ0) is 9.52. The highest BCUT2D eigenvalue weighted by molar-refractivity contribution is 5.51. The third-order valence-electron chi connectivity index (χ3n) is 1.35. The van der Waals surface area contributed by atoms with Crippen molar-refractivity contribution in [3.63, 3.8) is 0 Å². The van der Waals surface area contributed by atoms with Gasteiger partial charge in [0.2, 0.25) is 0 Å². The fourth-order valence-corrected chi connectivity index (χ4v) is 0.829. The molecule has 4 nitrogen and oxygen atoms in total. The van der Waals surface area contributed by atoms with Gasteiger partial charge in [0.15, 0.2) is 0 Å². The Bertz CT molecular complexity index is 354. The van der Waals surface area contributed by atoms with E-state index in [1.807, 2.05) is 13.0 Å². The summed E-state index contributed by atoms with van der Waals surface area (Å²) in [4.78, 5) is 2.70. The Morgan fingerprint density at radius 1 is 1.46 bits per heavy atom. The van der Waals surface area contributed by atoms with E-state index in [1.54, 1.807) is 24.3 Å².